The highest BCUT2D eigenvalue weighted by atomic mass is 16.3. The topological polar surface area (TPSA) is 113 Å². The maximum Gasteiger partial charge on any atom is 0.269 e. The molecule has 0 saturated heterocycles. The Bertz CT molecular complexity index is 731. The lowest BCUT2D eigenvalue weighted by Crippen LogP contribution is -2.26. The molecule has 2 aromatic rings. The number of hydrogen-bond acceptors (Lipinski definition) is 5. The van der Waals surface area contributed by atoms with Crippen LogP contribution >= 0.6 is 0 Å². The van der Waals surface area contributed by atoms with Crippen molar-refractivity contribution in [1.29, 1.82) is 0 Å². The van der Waals surface area contributed by atoms with Crippen LogP contribution in [0.3, 0.4) is 0 Å². The van der Waals surface area contributed by atoms with Gasteiger partial charge in [-0.05, 0) is 0 Å². The average molecular weight is 303 g/mol. The first kappa shape index (κ1) is 14.3. The quantitative estimate of drug-likeness (QED) is 0.792. The Morgan fingerprint density at radius 2 is 2.27 bits per heavy atom. The third-order valence-electron chi connectivity index (χ3n) is 3.64. The fourth-order valence-corrected chi connectivity index (χ4v) is 2.53. The molecule has 0 radical (unpaired) electrons. The Labute approximate surface area is 126 Å². The molecular formula is C14H17N5O3. The molecule has 0 spiro atoms. The van der Waals surface area contributed by atoms with Gasteiger partial charge in [0.05, 0.1) is 5.69 Å². The molecule has 3 N–H and O–H groups in total. The monoisotopic (exact) mass is 303 g/mol. The smallest absolute Gasteiger partial charge is 0.269 e. The van der Waals surface area contributed by atoms with E-state index in [4.69, 9.17) is 4.42 Å². The van der Waals surface area contributed by atoms with E-state index in [0.717, 1.165) is 0 Å². The van der Waals surface area contributed by atoms with E-state index in [1.54, 1.807) is 13.3 Å². The Hall–Kier alpha value is -2.64. The summed E-state index contributed by atoms with van der Waals surface area (Å²) in [7, 11) is 1.54. The molecule has 22 heavy (non-hydrogen) atoms. The van der Waals surface area contributed by atoms with Crippen LogP contribution in [0.15, 0.2) is 10.7 Å². The lowest BCUT2D eigenvalue weighted by Gasteiger charge is -2.20. The van der Waals surface area contributed by atoms with Crippen molar-refractivity contribution < 1.29 is 14.0 Å². The minimum Gasteiger partial charge on any atom is -0.448 e. The van der Waals surface area contributed by atoms with Gasteiger partial charge in [-0.1, -0.05) is 13.8 Å². The van der Waals surface area contributed by atoms with Crippen molar-refractivity contribution in [2.45, 2.75) is 32.1 Å². The number of carbonyl (C=O) groups excluding carboxylic acids is 2. The van der Waals surface area contributed by atoms with Gasteiger partial charge in [-0.25, -0.2) is 4.98 Å². The van der Waals surface area contributed by atoms with Gasteiger partial charge >= 0.3 is 0 Å². The summed E-state index contributed by atoms with van der Waals surface area (Å²) in [6.07, 6.45) is 1.74. The van der Waals surface area contributed by atoms with E-state index >= 15 is 0 Å². The summed E-state index contributed by atoms with van der Waals surface area (Å²) in [5.74, 6) is 0.310. The molecule has 0 saturated carbocycles. The number of rotatable bonds is 3. The molecule has 0 unspecified atom stereocenters. The van der Waals surface area contributed by atoms with Crippen LogP contribution in [0.4, 0.5) is 5.82 Å². The second-order valence-corrected chi connectivity index (χ2v) is 5.51. The van der Waals surface area contributed by atoms with Gasteiger partial charge in [0.2, 0.25) is 5.91 Å². The third kappa shape index (κ3) is 2.26. The standard InChI is InChI=1S/C14H17N5O3/c1-6(2)14-16-8(5-22-14)7-4-9(20)17-12-10(7)11(18-19-12)13(21)15-3/h5-7H,4H2,1-3H3,(H,15,21)(H2,17,18,19,20)/t7-/m1/s1. The molecule has 2 amide bonds. The van der Waals surface area contributed by atoms with Gasteiger partial charge in [-0.3, -0.25) is 14.7 Å². The number of oxazole rings is 1. The van der Waals surface area contributed by atoms with E-state index in [1.807, 2.05) is 13.8 Å². The van der Waals surface area contributed by atoms with Crippen LogP contribution in [0.25, 0.3) is 0 Å². The molecule has 8 heteroatoms. The molecule has 116 valence electrons. The van der Waals surface area contributed by atoms with Crippen molar-refractivity contribution >= 4 is 17.6 Å². The van der Waals surface area contributed by atoms with Crippen LogP contribution in [0.2, 0.25) is 0 Å². The number of nitrogens with zero attached hydrogens (tertiary/aromatic N) is 2. The van der Waals surface area contributed by atoms with Crippen molar-refractivity contribution in [3.63, 3.8) is 0 Å². The fourth-order valence-electron chi connectivity index (χ4n) is 2.53. The zero-order chi connectivity index (χ0) is 15.9. The fraction of sp³-hybridized carbons (Fsp3) is 0.429. The number of fused-ring (bicyclic) bond motifs is 1. The van der Waals surface area contributed by atoms with Gasteiger partial charge in [0.25, 0.3) is 5.91 Å². The van der Waals surface area contributed by atoms with E-state index < -0.39 is 0 Å². The molecule has 3 rings (SSSR count). The Kier molecular flexibility index (Phi) is 3.44. The summed E-state index contributed by atoms with van der Waals surface area (Å²) in [5, 5.41) is 11.9. The number of anilines is 1. The van der Waals surface area contributed by atoms with Crippen LogP contribution in [0.1, 0.15) is 59.7 Å². The largest absolute Gasteiger partial charge is 0.448 e. The van der Waals surface area contributed by atoms with E-state index in [-0.39, 0.29) is 30.1 Å². The molecule has 2 aromatic heterocycles. The summed E-state index contributed by atoms with van der Waals surface area (Å²) in [5.41, 5.74) is 1.60. The van der Waals surface area contributed by atoms with Gasteiger partial charge in [0.1, 0.15) is 12.0 Å². The zero-order valence-electron chi connectivity index (χ0n) is 12.6. The van der Waals surface area contributed by atoms with Crippen LogP contribution in [0.5, 0.6) is 0 Å². The Morgan fingerprint density at radius 1 is 1.50 bits per heavy atom. The van der Waals surface area contributed by atoms with E-state index in [0.29, 0.717) is 28.7 Å². The van der Waals surface area contributed by atoms with Gasteiger partial charge in [-0.2, -0.15) is 5.10 Å². The number of aromatic nitrogens is 3. The van der Waals surface area contributed by atoms with E-state index in [9.17, 15) is 9.59 Å². The van der Waals surface area contributed by atoms with E-state index in [1.165, 1.54) is 0 Å². The number of amides is 2. The van der Waals surface area contributed by atoms with Crippen LogP contribution < -0.4 is 10.6 Å². The predicted octanol–water partition coefficient (Wildman–Crippen LogP) is 1.35. The van der Waals surface area contributed by atoms with Gasteiger partial charge in [0, 0.05) is 30.9 Å². The molecule has 1 atom stereocenters. The lowest BCUT2D eigenvalue weighted by molar-refractivity contribution is -0.116. The summed E-state index contributed by atoms with van der Waals surface area (Å²) in [6, 6.07) is 0. The number of nitrogens with one attached hydrogen (secondary N) is 3. The Morgan fingerprint density at radius 3 is 2.91 bits per heavy atom. The summed E-state index contributed by atoms with van der Waals surface area (Å²) < 4.78 is 5.46. The SMILES string of the molecule is CNC(=O)c1[nH]nc2c1[C@@H](c1coc(C(C)C)n1)CC(=O)N2. The summed E-state index contributed by atoms with van der Waals surface area (Å²) in [6.45, 7) is 3.95. The first-order valence-corrected chi connectivity index (χ1v) is 7.06. The summed E-state index contributed by atoms with van der Waals surface area (Å²) >= 11 is 0. The third-order valence-corrected chi connectivity index (χ3v) is 3.64. The highest BCUT2D eigenvalue weighted by Crippen LogP contribution is 2.38. The number of aromatic amines is 1. The van der Waals surface area contributed by atoms with Crippen molar-refractivity contribution in [3.8, 4) is 0 Å². The van der Waals surface area contributed by atoms with Gasteiger partial charge < -0.3 is 15.1 Å². The minimum atomic E-state index is -0.356. The maximum absolute atomic E-state index is 12.0. The summed E-state index contributed by atoms with van der Waals surface area (Å²) in [4.78, 5) is 28.3. The Balaban J connectivity index is 2.07. The number of hydrogen-bond donors (Lipinski definition) is 3. The normalized spacial score (nSPS) is 17.3. The van der Waals surface area contributed by atoms with Crippen LogP contribution in [0, 0.1) is 0 Å². The van der Waals surface area contributed by atoms with Crippen molar-refractivity contribution in [1.82, 2.24) is 20.5 Å². The van der Waals surface area contributed by atoms with Gasteiger partial charge in [-0.15, -0.1) is 0 Å². The van der Waals surface area contributed by atoms with Crippen LogP contribution in [-0.4, -0.2) is 34.0 Å². The first-order chi connectivity index (χ1) is 10.5. The molecule has 0 bridgehead atoms. The van der Waals surface area contributed by atoms with Crippen molar-refractivity contribution in [2.24, 2.45) is 0 Å². The highest BCUT2D eigenvalue weighted by molar-refractivity contribution is 6.00. The van der Waals surface area contributed by atoms with Gasteiger partial charge in [0.15, 0.2) is 11.7 Å². The molecular weight excluding hydrogens is 286 g/mol. The second kappa shape index (κ2) is 5.28. The lowest BCUT2D eigenvalue weighted by atomic mass is 9.89. The molecule has 0 fully saturated rings. The predicted molar refractivity (Wildman–Crippen MR) is 77.7 cm³/mol. The molecule has 1 aliphatic heterocycles. The van der Waals surface area contributed by atoms with Crippen molar-refractivity contribution in [2.75, 3.05) is 12.4 Å². The maximum atomic E-state index is 12.0. The average Bonchev–Trinajstić information content (AvgIpc) is 3.12. The number of carbonyl (C=O) groups is 2. The first-order valence-electron chi connectivity index (χ1n) is 7.06. The molecule has 3 heterocycles. The molecule has 0 aromatic carbocycles. The molecule has 1 aliphatic rings. The highest BCUT2D eigenvalue weighted by Gasteiger charge is 2.35. The van der Waals surface area contributed by atoms with Crippen LogP contribution in [-0.2, 0) is 4.79 Å². The van der Waals surface area contributed by atoms with Crippen molar-refractivity contribution in [3.05, 3.63) is 29.1 Å². The van der Waals surface area contributed by atoms with E-state index in [2.05, 4.69) is 25.8 Å². The molecule has 0 aliphatic carbocycles. The second-order valence-electron chi connectivity index (χ2n) is 5.51. The minimum absolute atomic E-state index is 0.147. The zero-order valence-corrected chi connectivity index (χ0v) is 12.6. The number of H-pyrrole nitrogens is 1. The molecule has 8 nitrogen and oxygen atoms in total.